The molecule has 2 aromatic rings. The first-order chi connectivity index (χ1) is 14.6. The Hall–Kier alpha value is -2.69. The van der Waals surface area contributed by atoms with Crippen LogP contribution in [0.15, 0.2) is 79.9 Å². The summed E-state index contributed by atoms with van der Waals surface area (Å²) >= 11 is 3.35. The van der Waals surface area contributed by atoms with Crippen molar-refractivity contribution in [1.82, 2.24) is 0 Å². The van der Waals surface area contributed by atoms with Gasteiger partial charge in [0.15, 0.2) is 11.6 Å². The largest absolute Gasteiger partial charge is 0.340 e. The van der Waals surface area contributed by atoms with Crippen molar-refractivity contribution in [2.24, 2.45) is 9.98 Å². The second-order valence-corrected chi connectivity index (χ2v) is 9.81. The lowest BCUT2D eigenvalue weighted by Gasteiger charge is -2.26. The fraction of sp³-hybridized carbons (Fsp3) is 0.143. The average molecular weight is 508 g/mol. The number of guanidine groups is 1. The van der Waals surface area contributed by atoms with Crippen molar-refractivity contribution in [1.29, 1.82) is 0 Å². The summed E-state index contributed by atoms with van der Waals surface area (Å²) in [6.07, 6.45) is 3.36. The molecule has 10 heteroatoms. The minimum Gasteiger partial charge on any atom is -0.254 e. The number of rotatable bonds is 5. The number of hydrogen-bond acceptors (Lipinski definition) is 4. The molecule has 2 aromatic carbocycles. The number of benzene rings is 2. The number of nitrogens with zero attached hydrogens (tertiary/aromatic N) is 4. The highest BCUT2D eigenvalue weighted by Gasteiger charge is 2.48. The minimum absolute atomic E-state index is 0.101. The molecule has 1 unspecified atom stereocenters. The summed E-state index contributed by atoms with van der Waals surface area (Å²) in [5.74, 6) is -1.76. The molecule has 0 amide bonds. The topological polar surface area (TPSA) is 62.1 Å². The number of fused-ring (bicyclic) bond motifs is 1. The molecule has 0 spiro atoms. The van der Waals surface area contributed by atoms with Gasteiger partial charge in [0, 0.05) is 27.7 Å². The molecule has 0 aromatic heterocycles. The molecular weight excluding hydrogens is 490 g/mol. The third-order valence-corrected chi connectivity index (χ3v) is 7.98. The number of quaternary nitrogens is 1. The van der Waals surface area contributed by atoms with Crippen LogP contribution in [0, 0.1) is 11.6 Å². The summed E-state index contributed by atoms with van der Waals surface area (Å²) in [4.78, 5) is 8.46. The first-order valence-electron chi connectivity index (χ1n) is 9.24. The average Bonchev–Trinajstić information content (AvgIpc) is 2.98. The highest BCUT2D eigenvalue weighted by Crippen LogP contribution is 2.41. The molecule has 2 aliphatic heterocycles. The number of anilines is 1. The zero-order valence-electron chi connectivity index (χ0n) is 16.6. The van der Waals surface area contributed by atoms with Gasteiger partial charge in [0.2, 0.25) is 4.61 Å². The Labute approximate surface area is 187 Å². The van der Waals surface area contributed by atoms with Crippen LogP contribution in [0.2, 0.25) is 0 Å². The van der Waals surface area contributed by atoms with Gasteiger partial charge in [-0.2, -0.15) is 22.9 Å². The van der Waals surface area contributed by atoms with Crippen LogP contribution in [-0.4, -0.2) is 32.1 Å². The van der Waals surface area contributed by atoms with Gasteiger partial charge in [0.25, 0.3) is 15.1 Å². The molecule has 160 valence electrons. The fourth-order valence-electron chi connectivity index (χ4n) is 3.42. The molecule has 0 saturated heterocycles. The second-order valence-electron chi connectivity index (χ2n) is 7.28. The fourth-order valence-corrected chi connectivity index (χ4v) is 5.93. The van der Waals surface area contributed by atoms with Crippen molar-refractivity contribution < 1.29 is 21.7 Å². The third kappa shape index (κ3) is 3.64. The van der Waals surface area contributed by atoms with E-state index in [0.717, 1.165) is 17.7 Å². The predicted octanol–water partition coefficient (Wildman–Crippen LogP) is 4.63. The van der Waals surface area contributed by atoms with Gasteiger partial charge in [-0.25, -0.2) is 8.78 Å². The third-order valence-electron chi connectivity index (χ3n) is 4.94. The standard InChI is InChI=1S/C21H18BrF2N4O2S/c1-14-11-25-21-26-20(19(22)28(21,2)13-14)31(29,30)27(12-15-7-4-3-5-8-15)18-16(23)9-6-10-17(18)24/h3-11,13H,12H2,1-2H3/q+1. The molecule has 0 bridgehead atoms. The number of halogens is 3. The van der Waals surface area contributed by atoms with E-state index in [2.05, 4.69) is 25.9 Å². The summed E-state index contributed by atoms with van der Waals surface area (Å²) < 4.78 is 57.7. The molecule has 6 nitrogen and oxygen atoms in total. The zero-order chi connectivity index (χ0) is 22.4. The Balaban J connectivity index is 1.90. The molecule has 1 atom stereocenters. The van der Waals surface area contributed by atoms with Gasteiger partial charge in [-0.3, -0.25) is 4.31 Å². The summed E-state index contributed by atoms with van der Waals surface area (Å²) in [5, 5.41) is -0.355. The van der Waals surface area contributed by atoms with E-state index in [4.69, 9.17) is 0 Å². The van der Waals surface area contributed by atoms with Crippen LogP contribution in [0.4, 0.5) is 14.5 Å². The van der Waals surface area contributed by atoms with Crippen LogP contribution in [0.25, 0.3) is 0 Å². The lowest BCUT2D eigenvalue weighted by Crippen LogP contribution is -2.40. The lowest BCUT2D eigenvalue weighted by molar-refractivity contribution is -0.711. The van der Waals surface area contributed by atoms with Gasteiger partial charge in [0.05, 0.1) is 13.6 Å². The van der Waals surface area contributed by atoms with Gasteiger partial charge < -0.3 is 0 Å². The van der Waals surface area contributed by atoms with Crippen molar-refractivity contribution in [2.45, 2.75) is 13.5 Å². The number of hydrogen-bond donors (Lipinski definition) is 0. The maximum Gasteiger partial charge on any atom is 0.340 e. The van der Waals surface area contributed by atoms with Crippen LogP contribution >= 0.6 is 15.9 Å². The van der Waals surface area contributed by atoms with Crippen LogP contribution in [-0.2, 0) is 16.6 Å². The van der Waals surface area contributed by atoms with E-state index in [1.165, 1.54) is 6.07 Å². The molecule has 0 saturated carbocycles. The van der Waals surface area contributed by atoms with E-state index in [1.807, 2.05) is 6.92 Å². The van der Waals surface area contributed by atoms with E-state index in [-0.39, 0.29) is 26.6 Å². The molecule has 0 fully saturated rings. The quantitative estimate of drug-likeness (QED) is 0.437. The Morgan fingerprint density at radius 1 is 1.06 bits per heavy atom. The predicted molar refractivity (Wildman–Crippen MR) is 120 cm³/mol. The molecule has 0 radical (unpaired) electrons. The second kappa shape index (κ2) is 7.77. The SMILES string of the molecule is CC1=C[N+]2(C)C(=NC(S(=O)(=O)N(Cc3ccccc3)c3c(F)cccc3F)=C2Br)N=C1. The van der Waals surface area contributed by atoms with Crippen molar-refractivity contribution in [3.8, 4) is 0 Å². The Kier molecular flexibility index (Phi) is 5.40. The van der Waals surface area contributed by atoms with Crippen molar-refractivity contribution in [3.05, 3.63) is 87.1 Å². The van der Waals surface area contributed by atoms with Gasteiger partial charge >= 0.3 is 5.96 Å². The number of sulfonamides is 1. The van der Waals surface area contributed by atoms with Gasteiger partial charge in [-0.15, -0.1) is 0 Å². The van der Waals surface area contributed by atoms with Crippen LogP contribution in [0.1, 0.15) is 12.5 Å². The van der Waals surface area contributed by atoms with E-state index >= 15 is 0 Å². The van der Waals surface area contributed by atoms with Crippen LogP contribution in [0.3, 0.4) is 0 Å². The van der Waals surface area contributed by atoms with Gasteiger partial charge in [0.1, 0.15) is 11.9 Å². The Morgan fingerprint density at radius 3 is 2.35 bits per heavy atom. The molecule has 2 aliphatic rings. The maximum atomic E-state index is 14.7. The van der Waals surface area contributed by atoms with Crippen LogP contribution in [0.5, 0.6) is 0 Å². The molecule has 0 N–H and O–H groups in total. The van der Waals surface area contributed by atoms with Crippen molar-refractivity contribution in [3.63, 3.8) is 0 Å². The first kappa shape index (κ1) is 21.5. The first-order valence-corrected chi connectivity index (χ1v) is 11.5. The highest BCUT2D eigenvalue weighted by molar-refractivity contribution is 9.11. The molecule has 0 aliphatic carbocycles. The molecule has 2 heterocycles. The summed E-state index contributed by atoms with van der Waals surface area (Å²) in [6.45, 7) is 1.55. The number of allylic oxidation sites excluding steroid dienone is 1. The van der Waals surface area contributed by atoms with Crippen molar-refractivity contribution >= 4 is 43.8 Å². The number of para-hydroxylation sites is 1. The maximum absolute atomic E-state index is 14.7. The normalized spacial score (nSPS) is 20.4. The van der Waals surface area contributed by atoms with E-state index in [1.54, 1.807) is 49.8 Å². The Bertz CT molecular complexity index is 1270. The molecular formula is C21H18BrF2N4O2S+. The zero-order valence-corrected chi connectivity index (χ0v) is 19.0. The summed E-state index contributed by atoms with van der Waals surface area (Å²) in [6, 6.07) is 11.8. The summed E-state index contributed by atoms with van der Waals surface area (Å²) in [5.41, 5.74) is 0.711. The van der Waals surface area contributed by atoms with Crippen molar-refractivity contribution in [2.75, 3.05) is 11.4 Å². The highest BCUT2D eigenvalue weighted by atomic mass is 79.9. The van der Waals surface area contributed by atoms with E-state index < -0.39 is 27.3 Å². The monoisotopic (exact) mass is 507 g/mol. The Morgan fingerprint density at radius 2 is 1.71 bits per heavy atom. The number of aliphatic imine (C=N–C) groups is 2. The van der Waals surface area contributed by atoms with E-state index in [0.29, 0.717) is 9.87 Å². The van der Waals surface area contributed by atoms with E-state index in [9.17, 15) is 17.2 Å². The smallest absolute Gasteiger partial charge is 0.254 e. The van der Waals surface area contributed by atoms with Gasteiger partial charge in [-0.1, -0.05) is 36.4 Å². The minimum atomic E-state index is -4.48. The summed E-state index contributed by atoms with van der Waals surface area (Å²) in [7, 11) is -2.76. The molecule has 31 heavy (non-hydrogen) atoms. The lowest BCUT2D eigenvalue weighted by atomic mass is 10.2. The molecule has 4 rings (SSSR count). The van der Waals surface area contributed by atoms with Crippen LogP contribution < -0.4 is 4.31 Å². The van der Waals surface area contributed by atoms with Gasteiger partial charge in [-0.05, 0) is 24.6 Å².